The normalized spacial score (nSPS) is 11.7. The van der Waals surface area contributed by atoms with Gasteiger partial charge in [0.15, 0.2) is 0 Å². The highest BCUT2D eigenvalue weighted by Crippen LogP contribution is 2.26. The molecule has 0 saturated carbocycles. The molecule has 2 aromatic rings. The van der Waals surface area contributed by atoms with Gasteiger partial charge >= 0.3 is 6.36 Å². The standard InChI is InChI=1S/C14H15F3N2O2/c1-9-12(10(2)21-19-9)8-18-7-11-5-3-4-6-13(11)20-14(15,16)17/h3-6,18H,7-8H2,1-2H3. The van der Waals surface area contributed by atoms with Crippen molar-refractivity contribution in [2.24, 2.45) is 0 Å². The van der Waals surface area contributed by atoms with Gasteiger partial charge < -0.3 is 14.6 Å². The van der Waals surface area contributed by atoms with Crippen LogP contribution in [0.5, 0.6) is 5.75 Å². The van der Waals surface area contributed by atoms with Crippen molar-refractivity contribution in [1.82, 2.24) is 10.5 Å². The van der Waals surface area contributed by atoms with Gasteiger partial charge in [0.25, 0.3) is 0 Å². The lowest BCUT2D eigenvalue weighted by Gasteiger charge is -2.13. The minimum absolute atomic E-state index is 0.198. The fourth-order valence-corrected chi connectivity index (χ4v) is 1.95. The number of aryl methyl sites for hydroxylation is 2. The highest BCUT2D eigenvalue weighted by molar-refractivity contribution is 5.33. The SMILES string of the molecule is Cc1noc(C)c1CNCc1ccccc1OC(F)(F)F. The third kappa shape index (κ3) is 4.22. The first-order chi connectivity index (χ1) is 9.87. The molecule has 0 unspecified atom stereocenters. The van der Waals surface area contributed by atoms with Crippen molar-refractivity contribution in [3.05, 3.63) is 46.8 Å². The van der Waals surface area contributed by atoms with Crippen LogP contribution >= 0.6 is 0 Å². The Balaban J connectivity index is 2.00. The van der Waals surface area contributed by atoms with Crippen molar-refractivity contribution < 1.29 is 22.4 Å². The van der Waals surface area contributed by atoms with Crippen molar-refractivity contribution >= 4 is 0 Å². The molecule has 4 nitrogen and oxygen atoms in total. The number of nitrogens with zero attached hydrogens (tertiary/aromatic N) is 1. The van der Waals surface area contributed by atoms with Gasteiger partial charge in [0.2, 0.25) is 0 Å². The maximum atomic E-state index is 12.3. The number of aromatic nitrogens is 1. The molecule has 0 aliphatic carbocycles. The molecule has 0 radical (unpaired) electrons. The number of hydrogen-bond acceptors (Lipinski definition) is 4. The van der Waals surface area contributed by atoms with E-state index in [-0.39, 0.29) is 12.3 Å². The summed E-state index contributed by atoms with van der Waals surface area (Å²) in [5.41, 5.74) is 2.10. The summed E-state index contributed by atoms with van der Waals surface area (Å²) in [6, 6.07) is 6.04. The fraction of sp³-hybridized carbons (Fsp3) is 0.357. The maximum Gasteiger partial charge on any atom is 0.573 e. The molecule has 0 atom stereocenters. The van der Waals surface area contributed by atoms with Crippen molar-refractivity contribution in [2.75, 3.05) is 0 Å². The van der Waals surface area contributed by atoms with E-state index in [1.807, 2.05) is 6.92 Å². The van der Waals surface area contributed by atoms with E-state index in [4.69, 9.17) is 4.52 Å². The topological polar surface area (TPSA) is 47.3 Å². The Kier molecular flexibility index (Phi) is 4.52. The first-order valence-electron chi connectivity index (χ1n) is 6.33. The Bertz CT molecular complexity index is 589. The highest BCUT2D eigenvalue weighted by atomic mass is 19.4. The summed E-state index contributed by atoms with van der Waals surface area (Å²) in [6.45, 7) is 4.31. The summed E-state index contributed by atoms with van der Waals surface area (Å²) in [5, 5.41) is 6.88. The van der Waals surface area contributed by atoms with Gasteiger partial charge in [-0.2, -0.15) is 0 Å². The van der Waals surface area contributed by atoms with Crippen LogP contribution in [0.4, 0.5) is 13.2 Å². The number of benzene rings is 1. The van der Waals surface area contributed by atoms with Gasteiger partial charge in [0.05, 0.1) is 5.69 Å². The zero-order chi connectivity index (χ0) is 15.5. The van der Waals surface area contributed by atoms with Crippen LogP contribution in [-0.4, -0.2) is 11.5 Å². The van der Waals surface area contributed by atoms with Crippen LogP contribution in [0, 0.1) is 13.8 Å². The minimum atomic E-state index is -4.70. The molecule has 1 aromatic heterocycles. The van der Waals surface area contributed by atoms with Crippen LogP contribution in [0.1, 0.15) is 22.6 Å². The van der Waals surface area contributed by atoms with Crippen LogP contribution in [-0.2, 0) is 13.1 Å². The molecular weight excluding hydrogens is 285 g/mol. The number of rotatable bonds is 5. The average Bonchev–Trinajstić information content (AvgIpc) is 2.70. The minimum Gasteiger partial charge on any atom is -0.405 e. The van der Waals surface area contributed by atoms with E-state index in [1.165, 1.54) is 12.1 Å². The molecule has 0 saturated heterocycles. The van der Waals surface area contributed by atoms with Crippen LogP contribution in [0.15, 0.2) is 28.8 Å². The lowest BCUT2D eigenvalue weighted by atomic mass is 10.1. The molecule has 7 heteroatoms. The molecule has 0 spiro atoms. The second-order valence-electron chi connectivity index (χ2n) is 4.56. The first kappa shape index (κ1) is 15.4. The fourth-order valence-electron chi connectivity index (χ4n) is 1.95. The largest absolute Gasteiger partial charge is 0.573 e. The van der Waals surface area contributed by atoms with E-state index in [2.05, 4.69) is 15.2 Å². The zero-order valence-electron chi connectivity index (χ0n) is 11.6. The van der Waals surface area contributed by atoms with E-state index in [9.17, 15) is 13.2 Å². The summed E-state index contributed by atoms with van der Waals surface area (Å²) >= 11 is 0. The van der Waals surface area contributed by atoms with Crippen molar-refractivity contribution in [3.8, 4) is 5.75 Å². The molecule has 21 heavy (non-hydrogen) atoms. The predicted octanol–water partition coefficient (Wildman–Crippen LogP) is 3.48. The van der Waals surface area contributed by atoms with Gasteiger partial charge in [0, 0.05) is 24.2 Å². The molecule has 0 aliphatic heterocycles. The third-order valence-electron chi connectivity index (χ3n) is 3.00. The van der Waals surface area contributed by atoms with E-state index in [1.54, 1.807) is 19.1 Å². The van der Waals surface area contributed by atoms with Crippen molar-refractivity contribution in [3.63, 3.8) is 0 Å². The predicted molar refractivity (Wildman–Crippen MR) is 69.6 cm³/mol. The Labute approximate surface area is 119 Å². The number of alkyl halides is 3. The van der Waals surface area contributed by atoms with E-state index >= 15 is 0 Å². The quantitative estimate of drug-likeness (QED) is 0.918. The van der Waals surface area contributed by atoms with Gasteiger partial charge in [-0.05, 0) is 19.9 Å². The van der Waals surface area contributed by atoms with Gasteiger partial charge in [-0.1, -0.05) is 23.4 Å². The van der Waals surface area contributed by atoms with Gasteiger partial charge in [-0.3, -0.25) is 0 Å². The molecule has 0 bridgehead atoms. The molecule has 114 valence electrons. The summed E-state index contributed by atoms with van der Waals surface area (Å²) in [4.78, 5) is 0. The smallest absolute Gasteiger partial charge is 0.405 e. The average molecular weight is 300 g/mol. The molecule has 2 rings (SSSR count). The Hall–Kier alpha value is -2.02. The first-order valence-corrected chi connectivity index (χ1v) is 6.33. The number of ether oxygens (including phenoxy) is 1. The second kappa shape index (κ2) is 6.17. The Morgan fingerprint density at radius 1 is 1.19 bits per heavy atom. The van der Waals surface area contributed by atoms with Crippen LogP contribution in [0.3, 0.4) is 0 Å². The Morgan fingerprint density at radius 3 is 2.52 bits per heavy atom. The van der Waals surface area contributed by atoms with Gasteiger partial charge in [-0.25, -0.2) is 0 Å². The molecule has 1 aromatic carbocycles. The van der Waals surface area contributed by atoms with E-state index in [0.717, 1.165) is 11.3 Å². The summed E-state index contributed by atoms with van der Waals surface area (Å²) < 4.78 is 45.9. The number of nitrogens with one attached hydrogen (secondary N) is 1. The second-order valence-corrected chi connectivity index (χ2v) is 4.56. The third-order valence-corrected chi connectivity index (χ3v) is 3.00. The maximum absolute atomic E-state index is 12.3. The summed E-state index contributed by atoms with van der Waals surface area (Å²) in [7, 11) is 0. The zero-order valence-corrected chi connectivity index (χ0v) is 11.6. The van der Waals surface area contributed by atoms with Gasteiger partial charge in [0.1, 0.15) is 11.5 Å². The molecule has 1 N–H and O–H groups in total. The molecule has 0 fully saturated rings. The lowest BCUT2D eigenvalue weighted by molar-refractivity contribution is -0.274. The number of hydrogen-bond donors (Lipinski definition) is 1. The Morgan fingerprint density at radius 2 is 1.90 bits per heavy atom. The monoisotopic (exact) mass is 300 g/mol. The van der Waals surface area contributed by atoms with Crippen molar-refractivity contribution in [2.45, 2.75) is 33.3 Å². The molecule has 0 amide bonds. The summed E-state index contributed by atoms with van der Waals surface area (Å²) in [6.07, 6.45) is -4.70. The van der Waals surface area contributed by atoms with Crippen LogP contribution < -0.4 is 10.1 Å². The highest BCUT2D eigenvalue weighted by Gasteiger charge is 2.31. The van der Waals surface area contributed by atoms with Crippen LogP contribution in [0.2, 0.25) is 0 Å². The van der Waals surface area contributed by atoms with Crippen molar-refractivity contribution in [1.29, 1.82) is 0 Å². The molecule has 1 heterocycles. The molecular formula is C14H15F3N2O2. The van der Waals surface area contributed by atoms with Crippen LogP contribution in [0.25, 0.3) is 0 Å². The van der Waals surface area contributed by atoms with Gasteiger partial charge in [-0.15, -0.1) is 13.2 Å². The lowest BCUT2D eigenvalue weighted by Crippen LogP contribution is -2.20. The van der Waals surface area contributed by atoms with E-state index in [0.29, 0.717) is 17.9 Å². The molecule has 0 aliphatic rings. The number of para-hydroxylation sites is 1. The summed E-state index contributed by atoms with van der Waals surface area (Å²) in [5.74, 6) is 0.496. The number of halogens is 3. The van der Waals surface area contributed by atoms with E-state index < -0.39 is 6.36 Å².